The normalized spacial score (nSPS) is 16.3. The molecule has 17 heteroatoms. The summed E-state index contributed by atoms with van der Waals surface area (Å²) in [7, 11) is 0. The minimum Gasteiger partial charge on any atom is -0.475 e. The van der Waals surface area contributed by atoms with Crippen molar-refractivity contribution in [2.24, 2.45) is 11.3 Å². The number of likely N-dealkylation sites (tertiary alicyclic amines) is 1. The highest BCUT2D eigenvalue weighted by atomic mass is 19.4. The Morgan fingerprint density at radius 3 is 1.98 bits per heavy atom. The maximum Gasteiger partial charge on any atom is 0.490 e. The van der Waals surface area contributed by atoms with Crippen LogP contribution in [0.5, 0.6) is 0 Å². The van der Waals surface area contributed by atoms with E-state index in [0.717, 1.165) is 64.1 Å². The van der Waals surface area contributed by atoms with E-state index in [4.69, 9.17) is 19.8 Å². The van der Waals surface area contributed by atoms with E-state index in [1.807, 2.05) is 12.4 Å². The molecule has 240 valence electrons. The van der Waals surface area contributed by atoms with E-state index in [1.54, 1.807) is 0 Å². The number of hydrogen-bond acceptors (Lipinski definition) is 7. The fourth-order valence-electron chi connectivity index (χ4n) is 4.54. The Bertz CT molecular complexity index is 1190. The van der Waals surface area contributed by atoms with E-state index in [2.05, 4.69) is 55.9 Å². The van der Waals surface area contributed by atoms with Crippen molar-refractivity contribution in [3.63, 3.8) is 0 Å². The van der Waals surface area contributed by atoms with Crippen LogP contribution < -0.4 is 5.32 Å². The van der Waals surface area contributed by atoms with Gasteiger partial charge in [0, 0.05) is 38.4 Å². The van der Waals surface area contributed by atoms with Gasteiger partial charge in [0.25, 0.3) is 5.91 Å². The van der Waals surface area contributed by atoms with Crippen molar-refractivity contribution >= 4 is 17.8 Å². The Hall–Kier alpha value is -3.76. The summed E-state index contributed by atoms with van der Waals surface area (Å²) in [5, 5.41) is 25.8. The third-order valence-electron chi connectivity index (χ3n) is 6.97. The zero-order valence-corrected chi connectivity index (χ0v) is 23.6. The smallest absolute Gasteiger partial charge is 0.475 e. The molecule has 1 amide bonds. The van der Waals surface area contributed by atoms with Crippen LogP contribution in [-0.4, -0.2) is 84.7 Å². The quantitative estimate of drug-likeness (QED) is 0.406. The van der Waals surface area contributed by atoms with Gasteiger partial charge in [0.1, 0.15) is 5.82 Å². The molecular formula is C26H34F6N6O5. The fourth-order valence-corrected chi connectivity index (χ4v) is 4.54. The zero-order valence-electron chi connectivity index (χ0n) is 23.6. The van der Waals surface area contributed by atoms with Gasteiger partial charge in [-0.2, -0.15) is 26.3 Å². The van der Waals surface area contributed by atoms with Crippen LogP contribution in [0, 0.1) is 11.3 Å². The lowest BCUT2D eigenvalue weighted by Gasteiger charge is -2.44. The summed E-state index contributed by atoms with van der Waals surface area (Å²) < 4.78 is 65.6. The second-order valence-corrected chi connectivity index (χ2v) is 10.7. The SMILES string of the molecule is CC(C)CCNC(=O)c1nnc2n1CC1(CC2)CCN(Cc2ccncc2)CC1.O=C(O)C(F)(F)F.O=C(O)C(F)(F)F. The number of carboxylic acids is 2. The zero-order chi connectivity index (χ0) is 32.4. The average Bonchev–Trinajstić information content (AvgIpc) is 3.33. The maximum absolute atomic E-state index is 12.6. The standard InChI is InChI=1S/C22H32N6O.2C2HF3O2/c1-17(2)4-12-24-21(29)20-26-25-19-3-7-22(16-28(19)20)8-13-27(14-9-22)15-18-5-10-23-11-6-18;2*3-2(4,5)1(6)7/h5-6,10-11,17H,3-4,7-9,12-16H2,1-2H3,(H,24,29);2*(H,6,7). The molecule has 0 aliphatic carbocycles. The molecule has 2 aliphatic heterocycles. The number of hydrogen-bond donors (Lipinski definition) is 3. The number of halogens is 6. The molecule has 0 aromatic carbocycles. The van der Waals surface area contributed by atoms with Crippen molar-refractivity contribution in [3.05, 3.63) is 41.7 Å². The van der Waals surface area contributed by atoms with Crippen LogP contribution in [0.1, 0.15) is 61.5 Å². The number of carbonyl (C=O) groups is 3. The highest BCUT2D eigenvalue weighted by Gasteiger charge is 2.40. The first-order valence-corrected chi connectivity index (χ1v) is 13.4. The minimum absolute atomic E-state index is 0.0865. The molecular weight excluding hydrogens is 590 g/mol. The first-order valence-electron chi connectivity index (χ1n) is 13.4. The van der Waals surface area contributed by atoms with Gasteiger partial charge in [-0.3, -0.25) is 14.7 Å². The van der Waals surface area contributed by atoms with Crippen molar-refractivity contribution in [2.75, 3.05) is 19.6 Å². The fraction of sp³-hybridized carbons (Fsp3) is 0.615. The predicted molar refractivity (Wildman–Crippen MR) is 139 cm³/mol. The van der Waals surface area contributed by atoms with Gasteiger partial charge >= 0.3 is 24.3 Å². The molecule has 2 aliphatic rings. The van der Waals surface area contributed by atoms with Crippen molar-refractivity contribution in [1.82, 2.24) is 30.0 Å². The first kappa shape index (κ1) is 35.4. The van der Waals surface area contributed by atoms with E-state index in [9.17, 15) is 31.1 Å². The highest BCUT2D eigenvalue weighted by Crippen LogP contribution is 2.41. The molecule has 4 rings (SSSR count). The van der Waals surface area contributed by atoms with Gasteiger partial charge in [0.2, 0.25) is 5.82 Å². The van der Waals surface area contributed by atoms with Crippen LogP contribution in [0.15, 0.2) is 24.5 Å². The molecule has 2 aromatic rings. The van der Waals surface area contributed by atoms with Crippen LogP contribution in [0.4, 0.5) is 26.3 Å². The summed E-state index contributed by atoms with van der Waals surface area (Å²) in [6, 6.07) is 4.19. The molecule has 0 bridgehead atoms. The number of carbonyl (C=O) groups excluding carboxylic acids is 1. The van der Waals surface area contributed by atoms with Crippen molar-refractivity contribution in [1.29, 1.82) is 0 Å². The number of piperidine rings is 1. The van der Waals surface area contributed by atoms with E-state index >= 15 is 0 Å². The van der Waals surface area contributed by atoms with Gasteiger partial charge in [0.05, 0.1) is 0 Å². The molecule has 1 spiro atoms. The van der Waals surface area contributed by atoms with E-state index in [-0.39, 0.29) is 11.3 Å². The summed E-state index contributed by atoms with van der Waals surface area (Å²) in [6.45, 7) is 9.05. The number of alkyl halides is 6. The van der Waals surface area contributed by atoms with Crippen LogP contribution in [-0.2, 0) is 29.1 Å². The predicted octanol–water partition coefficient (Wildman–Crippen LogP) is 3.94. The lowest BCUT2D eigenvalue weighted by atomic mass is 9.73. The Kier molecular flexibility index (Phi) is 12.5. The van der Waals surface area contributed by atoms with Gasteiger partial charge in [-0.15, -0.1) is 10.2 Å². The van der Waals surface area contributed by atoms with Gasteiger partial charge in [0.15, 0.2) is 0 Å². The number of carboxylic acid groups (broad SMARTS) is 2. The molecule has 0 unspecified atom stereocenters. The average molecular weight is 625 g/mol. The molecule has 0 saturated carbocycles. The monoisotopic (exact) mass is 624 g/mol. The van der Waals surface area contributed by atoms with Gasteiger partial charge in [-0.1, -0.05) is 13.8 Å². The first-order chi connectivity index (χ1) is 19.9. The molecule has 1 fully saturated rings. The maximum atomic E-state index is 12.6. The molecule has 1 saturated heterocycles. The largest absolute Gasteiger partial charge is 0.490 e. The summed E-state index contributed by atoms with van der Waals surface area (Å²) in [4.78, 5) is 37.1. The number of amides is 1. The third-order valence-corrected chi connectivity index (χ3v) is 6.97. The molecule has 2 aromatic heterocycles. The Morgan fingerprint density at radius 2 is 1.49 bits per heavy atom. The van der Waals surface area contributed by atoms with Crippen LogP contribution >= 0.6 is 0 Å². The molecule has 11 nitrogen and oxygen atoms in total. The second-order valence-electron chi connectivity index (χ2n) is 10.7. The van der Waals surface area contributed by atoms with E-state index < -0.39 is 24.3 Å². The number of pyridine rings is 1. The van der Waals surface area contributed by atoms with Crippen molar-refractivity contribution in [3.8, 4) is 0 Å². The Balaban J connectivity index is 0.000000384. The number of aliphatic carboxylic acids is 2. The van der Waals surface area contributed by atoms with Gasteiger partial charge in [-0.05, 0) is 67.8 Å². The number of aryl methyl sites for hydroxylation is 1. The number of nitrogens with one attached hydrogen (secondary N) is 1. The lowest BCUT2D eigenvalue weighted by molar-refractivity contribution is -0.193. The summed E-state index contributed by atoms with van der Waals surface area (Å²) >= 11 is 0. The molecule has 0 radical (unpaired) electrons. The van der Waals surface area contributed by atoms with Gasteiger partial charge < -0.3 is 20.1 Å². The molecule has 4 heterocycles. The topological polar surface area (TPSA) is 151 Å². The number of fused-ring (bicyclic) bond motifs is 1. The molecule has 43 heavy (non-hydrogen) atoms. The van der Waals surface area contributed by atoms with Crippen LogP contribution in [0.3, 0.4) is 0 Å². The molecule has 0 atom stereocenters. The number of aromatic nitrogens is 4. The van der Waals surface area contributed by atoms with E-state index in [1.165, 1.54) is 5.56 Å². The van der Waals surface area contributed by atoms with Crippen molar-refractivity contribution in [2.45, 2.75) is 71.4 Å². The van der Waals surface area contributed by atoms with Crippen LogP contribution in [0.25, 0.3) is 0 Å². The van der Waals surface area contributed by atoms with Crippen LogP contribution in [0.2, 0.25) is 0 Å². The lowest BCUT2D eigenvalue weighted by Crippen LogP contribution is -2.44. The number of rotatable bonds is 6. The summed E-state index contributed by atoms with van der Waals surface area (Å²) in [6.07, 6.45) is -1.09. The minimum atomic E-state index is -5.08. The molecule has 3 N–H and O–H groups in total. The Labute approximate surface area is 243 Å². The van der Waals surface area contributed by atoms with Crippen molar-refractivity contribution < 1.29 is 50.9 Å². The number of nitrogens with zero attached hydrogens (tertiary/aromatic N) is 5. The van der Waals surface area contributed by atoms with Gasteiger partial charge in [-0.25, -0.2) is 9.59 Å². The van der Waals surface area contributed by atoms with E-state index in [0.29, 0.717) is 18.3 Å². The highest BCUT2D eigenvalue weighted by molar-refractivity contribution is 5.90. The second kappa shape index (κ2) is 15.1. The third kappa shape index (κ3) is 11.4. The summed E-state index contributed by atoms with van der Waals surface area (Å²) in [5.74, 6) is -3.58. The Morgan fingerprint density at radius 1 is 0.953 bits per heavy atom. The summed E-state index contributed by atoms with van der Waals surface area (Å²) in [5.41, 5.74) is 1.58.